The van der Waals surface area contributed by atoms with Gasteiger partial charge in [0.05, 0.1) is 27.0 Å². The monoisotopic (exact) mass is 356 g/mol. The summed E-state index contributed by atoms with van der Waals surface area (Å²) in [7, 11) is 3.17. The molecule has 1 N–H and O–H groups in total. The molecule has 2 aromatic rings. The van der Waals surface area contributed by atoms with Crippen molar-refractivity contribution >= 4 is 12.1 Å². The highest BCUT2D eigenvalue weighted by atomic mass is 16.5. The van der Waals surface area contributed by atoms with E-state index in [4.69, 9.17) is 14.2 Å². The van der Waals surface area contributed by atoms with Crippen LogP contribution in [0.5, 0.6) is 17.2 Å². The van der Waals surface area contributed by atoms with Crippen LogP contribution >= 0.6 is 0 Å². The van der Waals surface area contributed by atoms with E-state index in [1.807, 2.05) is 18.2 Å². The van der Waals surface area contributed by atoms with Gasteiger partial charge in [-0.3, -0.25) is 4.79 Å². The fraction of sp³-hybridized carbons (Fsp3) is 0.300. The number of benzene rings is 2. The van der Waals surface area contributed by atoms with Gasteiger partial charge < -0.3 is 14.2 Å². The zero-order chi connectivity index (χ0) is 18.8. The largest absolute Gasteiger partial charge is 0.497 e. The molecule has 0 atom stereocenters. The van der Waals surface area contributed by atoms with Crippen LogP contribution in [-0.2, 0) is 0 Å². The minimum absolute atomic E-state index is 0.296. The second-order valence-electron chi connectivity index (χ2n) is 5.54. The number of ether oxygens (including phenoxy) is 3. The summed E-state index contributed by atoms with van der Waals surface area (Å²) in [6.07, 6.45) is 3.62. The Kier molecular flexibility index (Phi) is 7.49. The maximum atomic E-state index is 12.0. The number of rotatable bonds is 9. The molecule has 0 fully saturated rings. The third kappa shape index (κ3) is 5.51. The van der Waals surface area contributed by atoms with Gasteiger partial charge in [-0.1, -0.05) is 13.3 Å². The number of carbonyl (C=O) groups is 1. The number of nitrogens with zero attached hydrogens (tertiary/aromatic N) is 1. The second-order valence-corrected chi connectivity index (χ2v) is 5.54. The number of methoxy groups -OCH3 is 2. The lowest BCUT2D eigenvalue weighted by atomic mass is 10.2. The molecule has 0 aliphatic rings. The topological polar surface area (TPSA) is 69.2 Å². The summed E-state index contributed by atoms with van der Waals surface area (Å²) in [5.41, 5.74) is 3.79. The highest BCUT2D eigenvalue weighted by molar-refractivity contribution is 5.95. The Morgan fingerprint density at radius 3 is 2.50 bits per heavy atom. The maximum Gasteiger partial charge on any atom is 0.271 e. The Morgan fingerprint density at radius 1 is 1.08 bits per heavy atom. The van der Waals surface area contributed by atoms with Gasteiger partial charge in [-0.25, -0.2) is 5.43 Å². The average molecular weight is 356 g/mol. The Labute approximate surface area is 153 Å². The first-order chi connectivity index (χ1) is 12.7. The molecule has 0 bridgehead atoms. The molecule has 1 amide bonds. The smallest absolute Gasteiger partial charge is 0.271 e. The molecule has 0 heterocycles. The van der Waals surface area contributed by atoms with E-state index in [1.54, 1.807) is 44.7 Å². The van der Waals surface area contributed by atoms with Crippen molar-refractivity contribution in [2.45, 2.75) is 19.8 Å². The molecule has 0 saturated heterocycles. The standard InChI is InChI=1S/C20H24N2O4/c1-4-5-12-26-18-11-6-15(13-19(18)25-3)14-21-22-20(23)16-7-9-17(24-2)10-8-16/h6-11,13-14H,4-5,12H2,1-3H3,(H,22,23)/b21-14-. The fourth-order valence-electron chi connectivity index (χ4n) is 2.18. The van der Waals surface area contributed by atoms with Gasteiger partial charge in [0, 0.05) is 5.56 Å². The van der Waals surface area contributed by atoms with Gasteiger partial charge in [0.1, 0.15) is 5.75 Å². The Morgan fingerprint density at radius 2 is 1.85 bits per heavy atom. The van der Waals surface area contributed by atoms with Gasteiger partial charge in [0.15, 0.2) is 11.5 Å². The van der Waals surface area contributed by atoms with Gasteiger partial charge in [-0.15, -0.1) is 0 Å². The van der Waals surface area contributed by atoms with Crippen LogP contribution in [0.15, 0.2) is 47.6 Å². The van der Waals surface area contributed by atoms with Crippen molar-refractivity contribution in [3.05, 3.63) is 53.6 Å². The average Bonchev–Trinajstić information content (AvgIpc) is 2.68. The van der Waals surface area contributed by atoms with Gasteiger partial charge >= 0.3 is 0 Å². The number of carbonyl (C=O) groups excluding carboxylic acids is 1. The molecular formula is C20H24N2O4. The van der Waals surface area contributed by atoms with Crippen molar-refractivity contribution in [2.75, 3.05) is 20.8 Å². The van der Waals surface area contributed by atoms with Crippen molar-refractivity contribution in [3.63, 3.8) is 0 Å². The Bertz CT molecular complexity index is 742. The number of unbranched alkanes of at least 4 members (excludes halogenated alkanes) is 1. The highest BCUT2D eigenvalue weighted by Crippen LogP contribution is 2.27. The molecule has 0 aromatic heterocycles. The van der Waals surface area contributed by atoms with Gasteiger partial charge in [0.2, 0.25) is 0 Å². The van der Waals surface area contributed by atoms with Crippen LogP contribution < -0.4 is 19.6 Å². The van der Waals surface area contributed by atoms with Gasteiger partial charge in [-0.05, 0) is 54.4 Å². The van der Waals surface area contributed by atoms with Crippen molar-refractivity contribution in [1.29, 1.82) is 0 Å². The van der Waals surface area contributed by atoms with E-state index in [0.29, 0.717) is 29.4 Å². The third-order valence-electron chi connectivity index (χ3n) is 3.68. The summed E-state index contributed by atoms with van der Waals surface area (Å²) in [5, 5.41) is 3.99. The lowest BCUT2D eigenvalue weighted by Crippen LogP contribution is -2.17. The van der Waals surface area contributed by atoms with E-state index in [-0.39, 0.29) is 5.91 Å². The van der Waals surface area contributed by atoms with Crippen LogP contribution in [0.3, 0.4) is 0 Å². The summed E-state index contributed by atoms with van der Waals surface area (Å²) in [6, 6.07) is 12.3. The number of nitrogens with one attached hydrogen (secondary N) is 1. The summed E-state index contributed by atoms with van der Waals surface area (Å²) in [5.74, 6) is 1.72. The van der Waals surface area contributed by atoms with Crippen molar-refractivity contribution in [3.8, 4) is 17.2 Å². The molecule has 6 heteroatoms. The van der Waals surface area contributed by atoms with E-state index in [1.165, 1.54) is 0 Å². The van der Waals surface area contributed by atoms with Crippen molar-refractivity contribution in [1.82, 2.24) is 5.43 Å². The molecular weight excluding hydrogens is 332 g/mol. The molecule has 0 saturated carbocycles. The van der Waals surface area contributed by atoms with E-state index in [2.05, 4.69) is 17.5 Å². The lowest BCUT2D eigenvalue weighted by Gasteiger charge is -2.10. The van der Waals surface area contributed by atoms with Crippen LogP contribution in [0.25, 0.3) is 0 Å². The fourth-order valence-corrected chi connectivity index (χ4v) is 2.18. The highest BCUT2D eigenvalue weighted by Gasteiger charge is 2.06. The second kappa shape index (κ2) is 10.1. The normalized spacial score (nSPS) is 10.6. The summed E-state index contributed by atoms with van der Waals surface area (Å²) < 4.78 is 16.1. The first kappa shape index (κ1) is 19.3. The van der Waals surface area contributed by atoms with Crippen LogP contribution in [0.4, 0.5) is 0 Å². The van der Waals surface area contributed by atoms with Crippen LogP contribution in [-0.4, -0.2) is 32.9 Å². The molecule has 2 aromatic carbocycles. The van der Waals surface area contributed by atoms with Crippen LogP contribution in [0, 0.1) is 0 Å². The number of amides is 1. The molecule has 2 rings (SSSR count). The van der Waals surface area contributed by atoms with E-state index < -0.39 is 0 Å². The van der Waals surface area contributed by atoms with Gasteiger partial charge in [0.25, 0.3) is 5.91 Å². The maximum absolute atomic E-state index is 12.0. The molecule has 26 heavy (non-hydrogen) atoms. The predicted molar refractivity (Wildman–Crippen MR) is 101 cm³/mol. The molecule has 0 unspecified atom stereocenters. The van der Waals surface area contributed by atoms with Crippen LogP contribution in [0.2, 0.25) is 0 Å². The lowest BCUT2D eigenvalue weighted by molar-refractivity contribution is 0.0955. The zero-order valence-electron chi connectivity index (χ0n) is 15.3. The summed E-state index contributed by atoms with van der Waals surface area (Å²) in [4.78, 5) is 12.0. The van der Waals surface area contributed by atoms with Gasteiger partial charge in [-0.2, -0.15) is 5.10 Å². The molecule has 138 valence electrons. The first-order valence-electron chi connectivity index (χ1n) is 8.46. The van der Waals surface area contributed by atoms with Crippen molar-refractivity contribution in [2.24, 2.45) is 5.10 Å². The summed E-state index contributed by atoms with van der Waals surface area (Å²) in [6.45, 7) is 2.76. The molecule has 6 nitrogen and oxygen atoms in total. The van der Waals surface area contributed by atoms with Crippen molar-refractivity contribution < 1.29 is 19.0 Å². The molecule has 0 aliphatic heterocycles. The minimum Gasteiger partial charge on any atom is -0.497 e. The first-order valence-corrected chi connectivity index (χ1v) is 8.46. The molecule has 0 aliphatic carbocycles. The number of hydrogen-bond donors (Lipinski definition) is 1. The Hall–Kier alpha value is -3.02. The number of hydrogen-bond acceptors (Lipinski definition) is 5. The van der Waals surface area contributed by atoms with E-state index >= 15 is 0 Å². The predicted octanol–water partition coefficient (Wildman–Crippen LogP) is 3.65. The minimum atomic E-state index is -0.296. The summed E-state index contributed by atoms with van der Waals surface area (Å²) >= 11 is 0. The molecule has 0 radical (unpaired) electrons. The zero-order valence-corrected chi connectivity index (χ0v) is 15.3. The van der Waals surface area contributed by atoms with Crippen LogP contribution in [0.1, 0.15) is 35.7 Å². The SMILES string of the molecule is CCCCOc1ccc(/C=N\NC(=O)c2ccc(OC)cc2)cc1OC. The Balaban J connectivity index is 1.97. The number of hydrazone groups is 1. The van der Waals surface area contributed by atoms with E-state index in [0.717, 1.165) is 18.4 Å². The third-order valence-corrected chi connectivity index (χ3v) is 3.68. The molecule has 0 spiro atoms. The quantitative estimate of drug-likeness (QED) is 0.423. The van der Waals surface area contributed by atoms with E-state index in [9.17, 15) is 4.79 Å².